The summed E-state index contributed by atoms with van der Waals surface area (Å²) in [6, 6.07) is 32.9. The number of imidazole rings is 1. The Hall–Kier alpha value is -5.68. The zero-order valence-corrected chi connectivity index (χ0v) is 24.7. The lowest BCUT2D eigenvalue weighted by Gasteiger charge is -2.22. The number of aromatic nitrogens is 2. The van der Waals surface area contributed by atoms with Crippen molar-refractivity contribution in [1.82, 2.24) is 25.5 Å². The minimum absolute atomic E-state index is 0.0302. The lowest BCUT2D eigenvalue weighted by Crippen LogP contribution is -2.45. The van der Waals surface area contributed by atoms with Gasteiger partial charge in [-0.05, 0) is 47.5 Å². The normalized spacial score (nSPS) is 11.4. The standard InChI is InChI=1S/C34H34N6O5/c1-44-31(39-34(43)45-23-25-10-4-2-5-11-25)20-35-32(41)26-18-16-24(17-19-26)21-40(33(42)36-27-12-6-3-7-13-27)22-30-37-28-14-8-9-15-29(28)38-30/h2-19,31H,20-23H2,1H3,(H,35,41)(H,36,42)(H,37,38)(H,39,43)/t31-/m1/s1. The van der Waals surface area contributed by atoms with Gasteiger partial charge in [0.05, 0.1) is 24.1 Å². The van der Waals surface area contributed by atoms with Gasteiger partial charge in [-0.25, -0.2) is 14.6 Å². The highest BCUT2D eigenvalue weighted by Crippen LogP contribution is 2.16. The molecule has 0 spiro atoms. The lowest BCUT2D eigenvalue weighted by atomic mass is 10.1. The number of nitrogens with one attached hydrogen (secondary N) is 4. The van der Waals surface area contributed by atoms with Gasteiger partial charge in [-0.2, -0.15) is 0 Å². The number of benzene rings is 4. The number of ether oxygens (including phenoxy) is 2. The first kappa shape index (κ1) is 30.8. The smallest absolute Gasteiger partial charge is 0.409 e. The summed E-state index contributed by atoms with van der Waals surface area (Å²) < 4.78 is 10.5. The van der Waals surface area contributed by atoms with Crippen molar-refractivity contribution in [2.24, 2.45) is 0 Å². The molecule has 1 atom stereocenters. The fourth-order valence-corrected chi connectivity index (χ4v) is 4.54. The summed E-state index contributed by atoms with van der Waals surface area (Å²) in [4.78, 5) is 47.9. The second-order valence-electron chi connectivity index (χ2n) is 10.2. The number of hydrogen-bond donors (Lipinski definition) is 4. The van der Waals surface area contributed by atoms with Crippen LogP contribution in [0.5, 0.6) is 0 Å². The molecule has 4 amide bonds. The average molecular weight is 607 g/mol. The predicted octanol–water partition coefficient (Wildman–Crippen LogP) is 5.43. The van der Waals surface area contributed by atoms with Crippen molar-refractivity contribution < 1.29 is 23.9 Å². The van der Waals surface area contributed by atoms with E-state index in [1.165, 1.54) is 7.11 Å². The van der Waals surface area contributed by atoms with E-state index in [0.717, 1.165) is 22.2 Å². The largest absolute Gasteiger partial charge is 0.445 e. The van der Waals surface area contributed by atoms with Gasteiger partial charge in [-0.15, -0.1) is 0 Å². The number of nitrogens with zero attached hydrogens (tertiary/aromatic N) is 2. The monoisotopic (exact) mass is 606 g/mol. The van der Waals surface area contributed by atoms with E-state index in [9.17, 15) is 14.4 Å². The van der Waals surface area contributed by atoms with Crippen LogP contribution in [0.15, 0.2) is 109 Å². The van der Waals surface area contributed by atoms with Crippen LogP contribution in [0.3, 0.4) is 0 Å². The maximum atomic E-state index is 13.3. The summed E-state index contributed by atoms with van der Waals surface area (Å²) in [5.41, 5.74) is 4.48. The highest BCUT2D eigenvalue weighted by atomic mass is 16.6. The molecule has 230 valence electrons. The van der Waals surface area contributed by atoms with Crippen LogP contribution in [0.4, 0.5) is 15.3 Å². The molecule has 0 saturated heterocycles. The molecule has 0 bridgehead atoms. The van der Waals surface area contributed by atoms with Gasteiger partial charge < -0.3 is 30.0 Å². The first-order chi connectivity index (χ1) is 22.0. The van der Waals surface area contributed by atoms with E-state index in [2.05, 4.69) is 25.9 Å². The average Bonchev–Trinajstić information content (AvgIpc) is 3.49. The summed E-state index contributed by atoms with van der Waals surface area (Å²) in [6.07, 6.45) is -1.45. The van der Waals surface area contributed by atoms with E-state index in [0.29, 0.717) is 17.1 Å². The zero-order chi connectivity index (χ0) is 31.4. The maximum absolute atomic E-state index is 13.3. The number of urea groups is 1. The molecule has 1 aromatic heterocycles. The first-order valence-corrected chi connectivity index (χ1v) is 14.4. The summed E-state index contributed by atoms with van der Waals surface area (Å²) in [5.74, 6) is 0.310. The highest BCUT2D eigenvalue weighted by Gasteiger charge is 2.18. The molecule has 0 aliphatic heterocycles. The number of methoxy groups -OCH3 is 1. The lowest BCUT2D eigenvalue weighted by molar-refractivity contribution is 0.0565. The second kappa shape index (κ2) is 15.2. The Morgan fingerprint density at radius 2 is 1.51 bits per heavy atom. The van der Waals surface area contributed by atoms with Crippen LogP contribution >= 0.6 is 0 Å². The number of hydrogen-bond acceptors (Lipinski definition) is 6. The molecule has 4 aromatic carbocycles. The van der Waals surface area contributed by atoms with Gasteiger partial charge >= 0.3 is 12.1 Å². The van der Waals surface area contributed by atoms with Gasteiger partial charge in [-0.3, -0.25) is 10.1 Å². The molecule has 0 fully saturated rings. The van der Waals surface area contributed by atoms with E-state index in [-0.39, 0.29) is 38.2 Å². The highest BCUT2D eigenvalue weighted by molar-refractivity contribution is 5.94. The van der Waals surface area contributed by atoms with Crippen LogP contribution in [-0.4, -0.2) is 52.8 Å². The minimum Gasteiger partial charge on any atom is -0.445 e. The van der Waals surface area contributed by atoms with Crippen LogP contribution in [0, 0.1) is 0 Å². The predicted molar refractivity (Wildman–Crippen MR) is 170 cm³/mol. The molecule has 5 rings (SSSR count). The SMILES string of the molecule is CO[C@H](CNC(=O)c1ccc(CN(Cc2nc3ccccc3[nH]2)C(=O)Nc2ccccc2)cc1)NC(=O)OCc1ccccc1. The molecule has 0 aliphatic rings. The van der Waals surface area contributed by atoms with Crippen molar-refractivity contribution in [3.8, 4) is 0 Å². The van der Waals surface area contributed by atoms with Crippen LogP contribution in [-0.2, 0) is 29.2 Å². The van der Waals surface area contributed by atoms with Crippen molar-refractivity contribution in [3.05, 3.63) is 132 Å². The van der Waals surface area contributed by atoms with E-state index in [1.54, 1.807) is 29.2 Å². The quantitative estimate of drug-likeness (QED) is 0.140. The van der Waals surface area contributed by atoms with Crippen LogP contribution in [0.2, 0.25) is 0 Å². The Labute approximate surface area is 260 Å². The zero-order valence-electron chi connectivity index (χ0n) is 24.7. The van der Waals surface area contributed by atoms with E-state index in [4.69, 9.17) is 9.47 Å². The third-order valence-electron chi connectivity index (χ3n) is 6.91. The molecule has 0 unspecified atom stereocenters. The molecule has 0 radical (unpaired) electrons. The van der Waals surface area contributed by atoms with Gasteiger partial charge in [0.25, 0.3) is 5.91 Å². The van der Waals surface area contributed by atoms with Crippen LogP contribution in [0.1, 0.15) is 27.3 Å². The number of alkyl carbamates (subject to hydrolysis) is 1. The summed E-state index contributed by atoms with van der Waals surface area (Å²) in [6.45, 7) is 0.668. The Bertz CT molecular complexity index is 1680. The second-order valence-corrected chi connectivity index (χ2v) is 10.2. The molecule has 4 N–H and O–H groups in total. The summed E-state index contributed by atoms with van der Waals surface area (Å²) >= 11 is 0. The maximum Gasteiger partial charge on any atom is 0.409 e. The number of para-hydroxylation sites is 3. The fraction of sp³-hybridized carbons (Fsp3) is 0.176. The Kier molecular flexibility index (Phi) is 10.4. The van der Waals surface area contributed by atoms with Gasteiger partial charge in [-0.1, -0.05) is 72.8 Å². The number of carbonyl (C=O) groups is 3. The molecular weight excluding hydrogens is 572 g/mol. The first-order valence-electron chi connectivity index (χ1n) is 14.4. The van der Waals surface area contributed by atoms with Gasteiger partial charge in [0.1, 0.15) is 18.7 Å². The number of H-pyrrole nitrogens is 1. The van der Waals surface area contributed by atoms with Gasteiger partial charge in [0, 0.05) is 24.9 Å². The molecule has 45 heavy (non-hydrogen) atoms. The number of fused-ring (bicyclic) bond motifs is 1. The summed E-state index contributed by atoms with van der Waals surface area (Å²) in [7, 11) is 1.42. The molecule has 0 saturated carbocycles. The molecular formula is C34H34N6O5. The molecule has 5 aromatic rings. The third kappa shape index (κ3) is 8.91. The minimum atomic E-state index is -0.786. The number of carbonyl (C=O) groups excluding carboxylic acids is 3. The van der Waals surface area contributed by atoms with Gasteiger partial charge in [0.2, 0.25) is 0 Å². The van der Waals surface area contributed by atoms with E-state index in [1.807, 2.05) is 84.9 Å². The molecule has 11 nitrogen and oxygen atoms in total. The number of rotatable bonds is 12. The number of anilines is 1. The number of aromatic amines is 1. The van der Waals surface area contributed by atoms with Crippen molar-refractivity contribution >= 4 is 34.8 Å². The number of amides is 4. The van der Waals surface area contributed by atoms with Crippen molar-refractivity contribution in [2.75, 3.05) is 19.0 Å². The van der Waals surface area contributed by atoms with E-state index >= 15 is 0 Å². The van der Waals surface area contributed by atoms with Crippen molar-refractivity contribution in [2.45, 2.75) is 25.9 Å². The van der Waals surface area contributed by atoms with Crippen molar-refractivity contribution in [1.29, 1.82) is 0 Å². The molecule has 0 aliphatic carbocycles. The topological polar surface area (TPSA) is 138 Å². The third-order valence-corrected chi connectivity index (χ3v) is 6.91. The Balaban J connectivity index is 1.17. The Morgan fingerprint density at radius 1 is 0.822 bits per heavy atom. The Morgan fingerprint density at radius 3 is 2.22 bits per heavy atom. The summed E-state index contributed by atoms with van der Waals surface area (Å²) in [5, 5.41) is 8.28. The molecule has 1 heterocycles. The van der Waals surface area contributed by atoms with Crippen LogP contribution in [0.25, 0.3) is 11.0 Å². The fourth-order valence-electron chi connectivity index (χ4n) is 4.54. The van der Waals surface area contributed by atoms with E-state index < -0.39 is 12.3 Å². The van der Waals surface area contributed by atoms with Gasteiger partial charge in [0.15, 0.2) is 0 Å². The molecule has 11 heteroatoms. The van der Waals surface area contributed by atoms with Crippen molar-refractivity contribution in [3.63, 3.8) is 0 Å². The van der Waals surface area contributed by atoms with Crippen LogP contribution < -0.4 is 16.0 Å².